The summed E-state index contributed by atoms with van der Waals surface area (Å²) >= 11 is 0. The standard InChI is InChI=1S/C23H40N2O5/c1-16(2)11-12-18-9-8-14-30-23(28)24-13-7-6-10-20(22(27)29-5)25-21(26)19(18)15-17(3)4/h11-12,16-20H,6-10,13-15H2,1-5H3,(H,24,28)(H,25,26)/b12-11+/t18-,19-,20+/m1/s1. The highest BCUT2D eigenvalue weighted by atomic mass is 16.5. The van der Waals surface area contributed by atoms with Crippen LogP contribution in [-0.4, -0.2) is 44.3 Å². The molecule has 7 nitrogen and oxygen atoms in total. The second-order valence-electron chi connectivity index (χ2n) is 8.81. The van der Waals surface area contributed by atoms with Gasteiger partial charge in [-0.05, 0) is 56.3 Å². The maximum absolute atomic E-state index is 13.3. The Balaban J connectivity index is 3.12. The smallest absolute Gasteiger partial charge is 0.407 e. The Bertz CT molecular complexity index is 574. The Morgan fingerprint density at radius 3 is 2.53 bits per heavy atom. The van der Waals surface area contributed by atoms with Crippen LogP contribution in [0.2, 0.25) is 0 Å². The molecule has 172 valence electrons. The average molecular weight is 425 g/mol. The van der Waals surface area contributed by atoms with E-state index in [1.54, 1.807) is 0 Å². The average Bonchev–Trinajstić information content (AvgIpc) is 2.69. The van der Waals surface area contributed by atoms with Crippen molar-refractivity contribution < 1.29 is 23.9 Å². The fourth-order valence-electron chi connectivity index (χ4n) is 3.65. The van der Waals surface area contributed by atoms with Gasteiger partial charge in [-0.15, -0.1) is 0 Å². The van der Waals surface area contributed by atoms with E-state index >= 15 is 0 Å². The molecule has 1 heterocycles. The number of cyclic esters (lactones) is 1. The molecule has 0 aromatic heterocycles. The lowest BCUT2D eigenvalue weighted by atomic mass is 9.81. The monoisotopic (exact) mass is 424 g/mol. The highest BCUT2D eigenvalue weighted by molar-refractivity contribution is 5.86. The number of rotatable bonds is 5. The largest absolute Gasteiger partial charge is 0.467 e. The molecule has 0 aliphatic carbocycles. The van der Waals surface area contributed by atoms with Gasteiger partial charge in [-0.25, -0.2) is 9.59 Å². The summed E-state index contributed by atoms with van der Waals surface area (Å²) in [4.78, 5) is 37.3. The molecule has 0 spiro atoms. The first-order valence-corrected chi connectivity index (χ1v) is 11.2. The highest BCUT2D eigenvalue weighted by Gasteiger charge is 2.31. The quantitative estimate of drug-likeness (QED) is 0.517. The van der Waals surface area contributed by atoms with Crippen LogP contribution in [0.3, 0.4) is 0 Å². The van der Waals surface area contributed by atoms with E-state index in [1.807, 2.05) is 0 Å². The molecule has 2 amide bonds. The van der Waals surface area contributed by atoms with Crippen molar-refractivity contribution in [2.75, 3.05) is 20.3 Å². The molecule has 30 heavy (non-hydrogen) atoms. The van der Waals surface area contributed by atoms with Gasteiger partial charge in [0.2, 0.25) is 5.91 Å². The van der Waals surface area contributed by atoms with Gasteiger partial charge in [0.1, 0.15) is 6.04 Å². The maximum Gasteiger partial charge on any atom is 0.407 e. The van der Waals surface area contributed by atoms with Crippen molar-refractivity contribution in [3.8, 4) is 0 Å². The number of alkyl carbamates (subject to hydrolysis) is 1. The van der Waals surface area contributed by atoms with Gasteiger partial charge in [0.05, 0.1) is 13.7 Å². The second kappa shape index (κ2) is 14.0. The number of allylic oxidation sites excluding steroid dienone is 2. The molecule has 0 aromatic carbocycles. The van der Waals surface area contributed by atoms with E-state index in [4.69, 9.17) is 9.47 Å². The van der Waals surface area contributed by atoms with E-state index in [9.17, 15) is 14.4 Å². The third-order valence-corrected chi connectivity index (χ3v) is 5.23. The van der Waals surface area contributed by atoms with Crippen molar-refractivity contribution in [2.24, 2.45) is 23.7 Å². The SMILES string of the molecule is COC(=O)[C@@H]1CCCCNC(=O)OCCC[C@H](/C=C/C(C)C)[C@@H](CC(C)C)C(=O)N1. The van der Waals surface area contributed by atoms with E-state index in [1.165, 1.54) is 7.11 Å². The Hall–Kier alpha value is -2.05. The lowest BCUT2D eigenvalue weighted by Crippen LogP contribution is -2.46. The molecule has 0 unspecified atom stereocenters. The Labute approximate surface area is 181 Å². The van der Waals surface area contributed by atoms with Gasteiger partial charge in [0.15, 0.2) is 0 Å². The number of hydrogen-bond acceptors (Lipinski definition) is 5. The molecule has 0 aromatic rings. The number of hydrogen-bond donors (Lipinski definition) is 2. The molecule has 2 N–H and O–H groups in total. The van der Waals surface area contributed by atoms with Gasteiger partial charge in [-0.1, -0.05) is 39.8 Å². The molecule has 0 radical (unpaired) electrons. The Morgan fingerprint density at radius 2 is 1.90 bits per heavy atom. The van der Waals surface area contributed by atoms with Crippen LogP contribution in [0, 0.1) is 23.7 Å². The van der Waals surface area contributed by atoms with Gasteiger partial charge in [-0.3, -0.25) is 4.79 Å². The number of ether oxygens (including phenoxy) is 2. The van der Waals surface area contributed by atoms with Gasteiger partial charge in [-0.2, -0.15) is 0 Å². The molecule has 1 saturated heterocycles. The van der Waals surface area contributed by atoms with Crippen LogP contribution in [0.4, 0.5) is 4.79 Å². The van der Waals surface area contributed by atoms with Crippen LogP contribution in [0.25, 0.3) is 0 Å². The summed E-state index contributed by atoms with van der Waals surface area (Å²) in [6.07, 6.45) is 7.75. The van der Waals surface area contributed by atoms with Gasteiger partial charge < -0.3 is 20.1 Å². The first kappa shape index (κ1) is 26.0. The van der Waals surface area contributed by atoms with E-state index in [0.29, 0.717) is 57.1 Å². The molecule has 0 bridgehead atoms. The molecule has 0 saturated carbocycles. The topological polar surface area (TPSA) is 93.7 Å². The van der Waals surface area contributed by atoms with Crippen molar-refractivity contribution in [3.63, 3.8) is 0 Å². The fraction of sp³-hybridized carbons (Fsp3) is 0.783. The number of carbonyl (C=O) groups is 3. The van der Waals surface area contributed by atoms with Gasteiger partial charge >= 0.3 is 12.1 Å². The van der Waals surface area contributed by atoms with Crippen molar-refractivity contribution >= 4 is 18.0 Å². The van der Waals surface area contributed by atoms with Gasteiger partial charge in [0, 0.05) is 12.5 Å². The zero-order valence-corrected chi connectivity index (χ0v) is 19.2. The van der Waals surface area contributed by atoms with Crippen LogP contribution in [0.5, 0.6) is 0 Å². The third-order valence-electron chi connectivity index (χ3n) is 5.23. The number of carbonyl (C=O) groups excluding carboxylic acids is 3. The molecular formula is C23H40N2O5. The zero-order valence-electron chi connectivity index (χ0n) is 19.2. The minimum Gasteiger partial charge on any atom is -0.467 e. The number of esters is 1. The van der Waals surface area contributed by atoms with Crippen molar-refractivity contribution in [3.05, 3.63) is 12.2 Å². The van der Waals surface area contributed by atoms with E-state index in [-0.39, 0.29) is 17.7 Å². The molecule has 1 aliphatic rings. The lowest BCUT2D eigenvalue weighted by Gasteiger charge is -2.28. The van der Waals surface area contributed by atoms with Crippen LogP contribution < -0.4 is 10.6 Å². The van der Waals surface area contributed by atoms with Crippen LogP contribution in [0.1, 0.15) is 66.2 Å². The summed E-state index contributed by atoms with van der Waals surface area (Å²) < 4.78 is 10.2. The third kappa shape index (κ3) is 10.1. The van der Waals surface area contributed by atoms with Crippen LogP contribution in [0.15, 0.2) is 12.2 Å². The fourth-order valence-corrected chi connectivity index (χ4v) is 3.65. The number of nitrogens with one attached hydrogen (secondary N) is 2. The van der Waals surface area contributed by atoms with Crippen molar-refractivity contribution in [1.29, 1.82) is 0 Å². The molecule has 7 heteroatoms. The summed E-state index contributed by atoms with van der Waals surface area (Å²) in [6.45, 7) is 9.17. The summed E-state index contributed by atoms with van der Waals surface area (Å²) in [7, 11) is 1.33. The molecule has 1 aliphatic heterocycles. The van der Waals surface area contributed by atoms with Gasteiger partial charge in [0.25, 0.3) is 0 Å². The predicted molar refractivity (Wildman–Crippen MR) is 117 cm³/mol. The summed E-state index contributed by atoms with van der Waals surface area (Å²) in [5, 5.41) is 5.68. The Kier molecular flexibility index (Phi) is 12.2. The van der Waals surface area contributed by atoms with Crippen molar-refractivity contribution in [1.82, 2.24) is 10.6 Å². The first-order valence-electron chi connectivity index (χ1n) is 11.2. The van der Waals surface area contributed by atoms with Crippen LogP contribution in [-0.2, 0) is 19.1 Å². The summed E-state index contributed by atoms with van der Waals surface area (Å²) in [6, 6.07) is -0.677. The molecule has 1 rings (SSSR count). The second-order valence-corrected chi connectivity index (χ2v) is 8.81. The summed E-state index contributed by atoms with van der Waals surface area (Å²) in [5.74, 6) is -0.0956. The highest BCUT2D eigenvalue weighted by Crippen LogP contribution is 2.27. The number of methoxy groups -OCH3 is 1. The minimum absolute atomic E-state index is 0.00452. The summed E-state index contributed by atoms with van der Waals surface area (Å²) in [5.41, 5.74) is 0. The maximum atomic E-state index is 13.3. The van der Waals surface area contributed by atoms with E-state index in [2.05, 4.69) is 50.5 Å². The predicted octanol–water partition coefficient (Wildman–Crippen LogP) is 3.83. The van der Waals surface area contributed by atoms with Crippen LogP contribution >= 0.6 is 0 Å². The number of amides is 2. The van der Waals surface area contributed by atoms with Crippen molar-refractivity contribution in [2.45, 2.75) is 72.3 Å². The van der Waals surface area contributed by atoms with E-state index < -0.39 is 18.1 Å². The first-order chi connectivity index (χ1) is 14.2. The lowest BCUT2D eigenvalue weighted by molar-refractivity contribution is -0.146. The molecular weight excluding hydrogens is 384 g/mol. The molecule has 3 atom stereocenters. The normalized spacial score (nSPS) is 25.2. The van der Waals surface area contributed by atoms with E-state index in [0.717, 1.165) is 6.42 Å². The zero-order chi connectivity index (χ0) is 22.5. The molecule has 1 fully saturated rings. The minimum atomic E-state index is -0.677. The Morgan fingerprint density at radius 1 is 1.17 bits per heavy atom.